The smallest absolute Gasteiger partial charge is 0.257 e. The minimum absolute atomic E-state index is 0.0181. The Balaban J connectivity index is 1.57. The Morgan fingerprint density at radius 1 is 1.27 bits per heavy atom. The van der Waals surface area contributed by atoms with Crippen molar-refractivity contribution in [3.8, 4) is 0 Å². The van der Waals surface area contributed by atoms with Crippen LogP contribution in [0.2, 0.25) is 5.02 Å². The summed E-state index contributed by atoms with van der Waals surface area (Å²) in [6.45, 7) is 4.11. The zero-order chi connectivity index (χ0) is 18.3. The van der Waals surface area contributed by atoms with Crippen LogP contribution in [-0.4, -0.2) is 56.2 Å². The molecule has 0 aliphatic carbocycles. The monoisotopic (exact) mass is 370 g/mol. The number of carbonyl (C=O) groups excluding carboxylic acids is 1. The van der Waals surface area contributed by atoms with Gasteiger partial charge in [0, 0.05) is 49.3 Å². The second kappa shape index (κ2) is 6.57. The third-order valence-electron chi connectivity index (χ3n) is 4.72. The predicted octanol–water partition coefficient (Wildman–Crippen LogP) is 2.37. The van der Waals surface area contributed by atoms with Crippen molar-refractivity contribution in [1.82, 2.24) is 24.6 Å². The van der Waals surface area contributed by atoms with Crippen LogP contribution in [0.25, 0.3) is 10.9 Å². The van der Waals surface area contributed by atoms with E-state index in [4.69, 9.17) is 11.6 Å². The molecule has 4 rings (SSSR count). The van der Waals surface area contributed by atoms with Crippen molar-refractivity contribution in [3.63, 3.8) is 0 Å². The van der Waals surface area contributed by atoms with Crippen LogP contribution in [0.3, 0.4) is 0 Å². The van der Waals surface area contributed by atoms with Gasteiger partial charge in [-0.1, -0.05) is 11.6 Å². The molecule has 0 N–H and O–H groups in total. The number of carbonyl (C=O) groups is 1. The number of aromatic nitrogens is 4. The number of amides is 1. The van der Waals surface area contributed by atoms with Gasteiger partial charge in [0.05, 0.1) is 17.3 Å². The Bertz CT molecular complexity index is 971. The molecule has 7 nitrogen and oxygen atoms in total. The summed E-state index contributed by atoms with van der Waals surface area (Å²) in [4.78, 5) is 25.6. The summed E-state index contributed by atoms with van der Waals surface area (Å²) in [6.07, 6.45) is 4.93. The number of rotatable bonds is 2. The molecule has 3 aromatic rings. The fourth-order valence-electron chi connectivity index (χ4n) is 3.42. The lowest BCUT2D eigenvalue weighted by atomic mass is 10.1. The summed E-state index contributed by atoms with van der Waals surface area (Å²) in [5.41, 5.74) is 1.44. The van der Waals surface area contributed by atoms with Crippen LogP contribution in [-0.2, 0) is 7.05 Å². The van der Waals surface area contributed by atoms with Gasteiger partial charge in [0.1, 0.15) is 12.1 Å². The highest BCUT2D eigenvalue weighted by atomic mass is 35.5. The molecule has 1 aliphatic rings. The second-order valence-electron chi connectivity index (χ2n) is 6.56. The average molecular weight is 371 g/mol. The summed E-state index contributed by atoms with van der Waals surface area (Å²) in [5, 5.41) is 5.72. The van der Waals surface area contributed by atoms with Crippen LogP contribution in [0.5, 0.6) is 0 Å². The number of hydrogen-bond acceptors (Lipinski definition) is 5. The van der Waals surface area contributed by atoms with E-state index in [0.29, 0.717) is 30.2 Å². The van der Waals surface area contributed by atoms with Crippen LogP contribution in [0.15, 0.2) is 36.9 Å². The Morgan fingerprint density at radius 3 is 2.85 bits per heavy atom. The van der Waals surface area contributed by atoms with E-state index in [1.54, 1.807) is 23.4 Å². The molecule has 0 saturated carbocycles. The number of aryl methyl sites for hydroxylation is 1. The van der Waals surface area contributed by atoms with Crippen LogP contribution in [0.4, 0.5) is 5.82 Å². The summed E-state index contributed by atoms with van der Waals surface area (Å²) in [6, 6.07) is 5.70. The molecule has 1 aromatic carbocycles. The first-order chi connectivity index (χ1) is 12.5. The maximum Gasteiger partial charge on any atom is 0.257 e. The fourth-order valence-corrected chi connectivity index (χ4v) is 3.58. The quantitative estimate of drug-likeness (QED) is 0.692. The molecule has 3 heterocycles. The normalized spacial score (nSPS) is 17.7. The van der Waals surface area contributed by atoms with Gasteiger partial charge in [-0.3, -0.25) is 9.48 Å². The van der Waals surface area contributed by atoms with Gasteiger partial charge in [-0.2, -0.15) is 5.10 Å². The van der Waals surface area contributed by atoms with Gasteiger partial charge in [0.15, 0.2) is 0 Å². The predicted molar refractivity (Wildman–Crippen MR) is 100 cm³/mol. The Morgan fingerprint density at radius 2 is 2.12 bits per heavy atom. The molecule has 1 amide bonds. The maximum absolute atomic E-state index is 12.7. The van der Waals surface area contributed by atoms with E-state index < -0.39 is 0 Å². The van der Waals surface area contributed by atoms with Crippen LogP contribution in [0.1, 0.15) is 17.3 Å². The third-order valence-corrected chi connectivity index (χ3v) is 4.95. The van der Waals surface area contributed by atoms with Gasteiger partial charge >= 0.3 is 0 Å². The Hall–Kier alpha value is -2.67. The Labute approximate surface area is 156 Å². The van der Waals surface area contributed by atoms with Gasteiger partial charge < -0.3 is 9.80 Å². The van der Waals surface area contributed by atoms with Crippen molar-refractivity contribution in [1.29, 1.82) is 0 Å². The van der Waals surface area contributed by atoms with E-state index in [-0.39, 0.29) is 11.9 Å². The van der Waals surface area contributed by atoms with Gasteiger partial charge in [0.2, 0.25) is 0 Å². The standard InChI is InChI=1S/C18H19ClN6O/c1-12-9-24(5-6-25(12)18(26)13-8-22-23(2)10-13)17-15-4-3-14(19)7-16(15)20-11-21-17/h3-4,7-8,10-12H,5-6,9H2,1-2H3/t12-/m0/s1. The molecule has 1 aliphatic heterocycles. The van der Waals surface area contributed by atoms with Crippen molar-refractivity contribution >= 4 is 34.2 Å². The average Bonchev–Trinajstić information content (AvgIpc) is 3.06. The summed E-state index contributed by atoms with van der Waals surface area (Å²) < 4.78 is 1.65. The fraction of sp³-hybridized carbons (Fsp3) is 0.333. The summed E-state index contributed by atoms with van der Waals surface area (Å²) in [7, 11) is 1.81. The largest absolute Gasteiger partial charge is 0.352 e. The third kappa shape index (κ3) is 2.99. The van der Waals surface area contributed by atoms with Crippen molar-refractivity contribution in [2.75, 3.05) is 24.5 Å². The van der Waals surface area contributed by atoms with E-state index >= 15 is 0 Å². The number of hydrogen-bond donors (Lipinski definition) is 0. The first-order valence-corrected chi connectivity index (χ1v) is 8.85. The van der Waals surface area contributed by atoms with E-state index in [9.17, 15) is 4.79 Å². The molecule has 1 saturated heterocycles. The lowest BCUT2D eigenvalue weighted by Gasteiger charge is -2.40. The maximum atomic E-state index is 12.7. The van der Waals surface area contributed by atoms with Gasteiger partial charge in [-0.05, 0) is 25.1 Å². The molecule has 8 heteroatoms. The van der Waals surface area contributed by atoms with Crippen LogP contribution < -0.4 is 4.90 Å². The zero-order valence-electron chi connectivity index (χ0n) is 14.6. The number of anilines is 1. The highest BCUT2D eigenvalue weighted by Gasteiger charge is 2.30. The van der Waals surface area contributed by atoms with Crippen molar-refractivity contribution in [2.24, 2.45) is 7.05 Å². The highest BCUT2D eigenvalue weighted by molar-refractivity contribution is 6.31. The second-order valence-corrected chi connectivity index (χ2v) is 6.99. The zero-order valence-corrected chi connectivity index (χ0v) is 15.4. The molecule has 26 heavy (non-hydrogen) atoms. The van der Waals surface area contributed by atoms with E-state index in [1.165, 1.54) is 0 Å². The molecule has 0 spiro atoms. The van der Waals surface area contributed by atoms with E-state index in [2.05, 4.69) is 26.9 Å². The molecule has 0 bridgehead atoms. The van der Waals surface area contributed by atoms with Gasteiger partial charge in [0.25, 0.3) is 5.91 Å². The van der Waals surface area contributed by atoms with Crippen LogP contribution >= 0.6 is 11.6 Å². The number of nitrogens with zero attached hydrogens (tertiary/aromatic N) is 6. The minimum Gasteiger partial charge on any atom is -0.352 e. The Kier molecular flexibility index (Phi) is 4.24. The van der Waals surface area contributed by atoms with E-state index in [0.717, 1.165) is 16.7 Å². The molecule has 1 fully saturated rings. The summed E-state index contributed by atoms with van der Waals surface area (Å²) >= 11 is 6.07. The highest BCUT2D eigenvalue weighted by Crippen LogP contribution is 2.27. The molecule has 0 radical (unpaired) electrons. The van der Waals surface area contributed by atoms with Gasteiger partial charge in [-0.25, -0.2) is 9.97 Å². The number of fused-ring (bicyclic) bond motifs is 1. The van der Waals surface area contributed by atoms with Crippen molar-refractivity contribution < 1.29 is 4.79 Å². The molecular weight excluding hydrogens is 352 g/mol. The minimum atomic E-state index is 0.0181. The molecule has 0 unspecified atom stereocenters. The molecule has 2 aromatic heterocycles. The first kappa shape index (κ1) is 16.8. The lowest BCUT2D eigenvalue weighted by Crippen LogP contribution is -2.54. The summed E-state index contributed by atoms with van der Waals surface area (Å²) in [5.74, 6) is 0.900. The first-order valence-electron chi connectivity index (χ1n) is 8.48. The molecule has 1 atom stereocenters. The van der Waals surface area contributed by atoms with Crippen LogP contribution in [0, 0.1) is 0 Å². The topological polar surface area (TPSA) is 67.2 Å². The number of halogens is 1. The molecular formula is C18H19ClN6O. The molecule has 134 valence electrons. The number of piperazine rings is 1. The SMILES string of the molecule is C[C@H]1CN(c2ncnc3cc(Cl)ccc23)CCN1C(=O)c1cnn(C)c1. The van der Waals surface area contributed by atoms with Crippen molar-refractivity contribution in [3.05, 3.63) is 47.5 Å². The van der Waals surface area contributed by atoms with E-state index in [1.807, 2.05) is 30.1 Å². The van der Waals surface area contributed by atoms with Crippen molar-refractivity contribution in [2.45, 2.75) is 13.0 Å². The number of benzene rings is 1. The van der Waals surface area contributed by atoms with Gasteiger partial charge in [-0.15, -0.1) is 0 Å². The lowest BCUT2D eigenvalue weighted by molar-refractivity contribution is 0.0674.